The summed E-state index contributed by atoms with van der Waals surface area (Å²) < 4.78 is 0. The highest BCUT2D eigenvalue weighted by atomic mass is 32.1. The number of hydrogen-bond acceptors (Lipinski definition) is 4. The summed E-state index contributed by atoms with van der Waals surface area (Å²) in [5, 5.41) is 5.83. The summed E-state index contributed by atoms with van der Waals surface area (Å²) in [6, 6.07) is 4.18. The quantitative estimate of drug-likeness (QED) is 0.893. The molecular formula is C16H20N2OS2. The van der Waals surface area contributed by atoms with Crippen molar-refractivity contribution in [2.45, 2.75) is 45.4 Å². The average molecular weight is 320 g/mol. The number of hydrogen-bond donors (Lipinski definition) is 1. The zero-order valence-corrected chi connectivity index (χ0v) is 13.9. The van der Waals surface area contributed by atoms with Gasteiger partial charge in [-0.1, -0.05) is 13.0 Å². The van der Waals surface area contributed by atoms with Crippen molar-refractivity contribution in [2.24, 2.45) is 5.92 Å². The molecule has 0 bridgehead atoms. The van der Waals surface area contributed by atoms with Crippen molar-refractivity contribution in [1.82, 2.24) is 4.98 Å². The highest BCUT2D eigenvalue weighted by molar-refractivity contribution is 7.15. The number of thiophene rings is 1. The van der Waals surface area contributed by atoms with E-state index in [2.05, 4.69) is 34.7 Å². The maximum atomic E-state index is 12.0. The zero-order valence-electron chi connectivity index (χ0n) is 12.2. The minimum atomic E-state index is 0.0886. The molecule has 21 heavy (non-hydrogen) atoms. The Labute approximate surface area is 133 Å². The van der Waals surface area contributed by atoms with E-state index >= 15 is 0 Å². The van der Waals surface area contributed by atoms with Crippen molar-refractivity contribution in [3.05, 3.63) is 33.0 Å². The van der Waals surface area contributed by atoms with Crippen molar-refractivity contribution in [1.29, 1.82) is 0 Å². The molecule has 0 aromatic carbocycles. The molecule has 3 rings (SSSR count). The number of rotatable bonds is 5. The molecule has 2 heterocycles. The van der Waals surface area contributed by atoms with Crippen molar-refractivity contribution < 1.29 is 4.79 Å². The molecule has 1 aliphatic rings. The number of nitrogens with one attached hydrogen (secondary N) is 1. The van der Waals surface area contributed by atoms with Gasteiger partial charge in [0.15, 0.2) is 5.13 Å². The van der Waals surface area contributed by atoms with E-state index in [1.165, 1.54) is 21.9 Å². The van der Waals surface area contributed by atoms with Gasteiger partial charge in [-0.25, -0.2) is 4.98 Å². The lowest BCUT2D eigenvalue weighted by atomic mass is 9.93. The van der Waals surface area contributed by atoms with Crippen LogP contribution in [-0.4, -0.2) is 10.9 Å². The second kappa shape index (κ2) is 6.71. The first kappa shape index (κ1) is 14.7. The maximum Gasteiger partial charge on any atom is 0.226 e. The zero-order chi connectivity index (χ0) is 14.7. The first-order valence-electron chi connectivity index (χ1n) is 7.51. The van der Waals surface area contributed by atoms with Crippen LogP contribution >= 0.6 is 22.7 Å². The molecular weight excluding hydrogens is 300 g/mol. The molecule has 0 unspecified atom stereocenters. The summed E-state index contributed by atoms with van der Waals surface area (Å²) in [5.74, 6) is 0.831. The first-order valence-corrected chi connectivity index (χ1v) is 9.21. The Kier molecular flexibility index (Phi) is 4.70. The molecule has 0 aliphatic heterocycles. The van der Waals surface area contributed by atoms with Gasteiger partial charge < -0.3 is 5.32 Å². The van der Waals surface area contributed by atoms with Crippen molar-refractivity contribution in [2.75, 3.05) is 5.32 Å². The minimum Gasteiger partial charge on any atom is -0.302 e. The van der Waals surface area contributed by atoms with Crippen LogP contribution < -0.4 is 5.32 Å². The van der Waals surface area contributed by atoms with Crippen molar-refractivity contribution in [3.63, 3.8) is 0 Å². The standard InChI is InChI=1S/C16H20N2OS2/c1-11-7-8-13-14(10-11)21-16(17-13)18-15(19)6-2-4-12-5-3-9-20-12/h3,5,9,11H,2,4,6-8,10H2,1H3,(H,17,18,19)/t11-/m0/s1. The van der Waals surface area contributed by atoms with Crippen LogP contribution in [0.2, 0.25) is 0 Å². The fourth-order valence-electron chi connectivity index (χ4n) is 2.65. The van der Waals surface area contributed by atoms with Crippen LogP contribution in [0.15, 0.2) is 17.5 Å². The van der Waals surface area contributed by atoms with Crippen molar-refractivity contribution in [3.8, 4) is 0 Å². The normalized spacial score (nSPS) is 17.5. The van der Waals surface area contributed by atoms with E-state index in [1.807, 2.05) is 0 Å². The molecule has 112 valence electrons. The van der Waals surface area contributed by atoms with Crippen molar-refractivity contribution >= 4 is 33.7 Å². The van der Waals surface area contributed by atoms with Gasteiger partial charge in [0.1, 0.15) is 0 Å². The summed E-state index contributed by atoms with van der Waals surface area (Å²) in [5.41, 5.74) is 1.20. The van der Waals surface area contributed by atoms with E-state index < -0.39 is 0 Å². The number of fused-ring (bicyclic) bond motifs is 1. The molecule has 0 radical (unpaired) electrons. The van der Waals surface area contributed by atoms with E-state index in [4.69, 9.17) is 0 Å². The molecule has 0 saturated heterocycles. The smallest absolute Gasteiger partial charge is 0.226 e. The Bertz CT molecular complexity index is 604. The predicted molar refractivity (Wildman–Crippen MR) is 89.2 cm³/mol. The van der Waals surface area contributed by atoms with E-state index in [1.54, 1.807) is 22.7 Å². The van der Waals surface area contributed by atoms with Gasteiger partial charge in [0.2, 0.25) is 5.91 Å². The molecule has 5 heteroatoms. The van der Waals surface area contributed by atoms with Gasteiger partial charge in [-0.3, -0.25) is 4.79 Å². The number of aromatic nitrogens is 1. The molecule has 1 aliphatic carbocycles. The molecule has 1 amide bonds. The fraction of sp³-hybridized carbons (Fsp3) is 0.500. The number of anilines is 1. The summed E-state index contributed by atoms with van der Waals surface area (Å²) in [7, 11) is 0. The Balaban J connectivity index is 1.48. The summed E-state index contributed by atoms with van der Waals surface area (Å²) >= 11 is 3.41. The van der Waals surface area contributed by atoms with Gasteiger partial charge in [-0.2, -0.15) is 0 Å². The van der Waals surface area contributed by atoms with Gasteiger partial charge in [-0.15, -0.1) is 22.7 Å². The number of carbonyl (C=O) groups is 1. The second-order valence-corrected chi connectivity index (χ2v) is 7.83. The van der Waals surface area contributed by atoms with Gasteiger partial charge in [0, 0.05) is 16.2 Å². The number of nitrogens with zero attached hydrogens (tertiary/aromatic N) is 1. The Morgan fingerprint density at radius 3 is 3.24 bits per heavy atom. The third kappa shape index (κ3) is 3.92. The summed E-state index contributed by atoms with van der Waals surface area (Å²) in [6.45, 7) is 2.28. The van der Waals surface area contributed by atoms with Gasteiger partial charge >= 0.3 is 0 Å². The lowest BCUT2D eigenvalue weighted by molar-refractivity contribution is -0.116. The van der Waals surface area contributed by atoms with Crippen LogP contribution in [0.4, 0.5) is 5.13 Å². The monoisotopic (exact) mass is 320 g/mol. The van der Waals surface area contributed by atoms with E-state index in [0.717, 1.165) is 36.7 Å². The average Bonchev–Trinajstić information content (AvgIpc) is 3.07. The molecule has 2 aromatic rings. The van der Waals surface area contributed by atoms with E-state index in [9.17, 15) is 4.79 Å². The highest BCUT2D eigenvalue weighted by Crippen LogP contribution is 2.32. The molecule has 2 aromatic heterocycles. The number of thiazole rings is 1. The van der Waals surface area contributed by atoms with Crippen LogP contribution in [0.3, 0.4) is 0 Å². The lowest BCUT2D eigenvalue weighted by Gasteiger charge is -2.15. The number of carbonyl (C=O) groups excluding carboxylic acids is 1. The summed E-state index contributed by atoms with van der Waals surface area (Å²) in [6.07, 6.45) is 5.83. The SMILES string of the molecule is C[C@H]1CCc2nc(NC(=O)CCCc3cccs3)sc2C1. The molecule has 0 saturated carbocycles. The highest BCUT2D eigenvalue weighted by Gasteiger charge is 2.20. The largest absolute Gasteiger partial charge is 0.302 e. The van der Waals surface area contributed by atoms with Gasteiger partial charge in [0.05, 0.1) is 5.69 Å². The van der Waals surface area contributed by atoms with E-state index in [0.29, 0.717) is 6.42 Å². The first-order chi connectivity index (χ1) is 10.2. The summed E-state index contributed by atoms with van der Waals surface area (Å²) in [4.78, 5) is 19.3. The predicted octanol–water partition coefficient (Wildman–Crippen LogP) is 4.29. The van der Waals surface area contributed by atoms with E-state index in [-0.39, 0.29) is 5.91 Å². The van der Waals surface area contributed by atoms with Crippen LogP contribution in [0, 0.1) is 5.92 Å². The van der Waals surface area contributed by atoms with Crippen LogP contribution in [0.1, 0.15) is 41.6 Å². The third-order valence-corrected chi connectivity index (χ3v) is 5.81. The van der Waals surface area contributed by atoms with Gasteiger partial charge in [-0.05, 0) is 49.5 Å². The molecule has 3 nitrogen and oxygen atoms in total. The topological polar surface area (TPSA) is 42.0 Å². The maximum absolute atomic E-state index is 12.0. The molecule has 1 N–H and O–H groups in total. The molecule has 0 spiro atoms. The Morgan fingerprint density at radius 1 is 1.52 bits per heavy atom. The molecule has 1 atom stereocenters. The third-order valence-electron chi connectivity index (χ3n) is 3.84. The Morgan fingerprint density at radius 2 is 2.43 bits per heavy atom. The van der Waals surface area contributed by atoms with Gasteiger partial charge in [0.25, 0.3) is 0 Å². The van der Waals surface area contributed by atoms with Crippen LogP contribution in [0.5, 0.6) is 0 Å². The number of amides is 1. The second-order valence-electron chi connectivity index (χ2n) is 5.72. The minimum absolute atomic E-state index is 0.0886. The lowest BCUT2D eigenvalue weighted by Crippen LogP contribution is -2.11. The fourth-order valence-corrected chi connectivity index (χ4v) is 4.59. The molecule has 0 fully saturated rings. The Hall–Kier alpha value is -1.20. The number of aryl methyl sites for hydroxylation is 2. The van der Waals surface area contributed by atoms with Crippen LogP contribution in [-0.2, 0) is 24.1 Å². The van der Waals surface area contributed by atoms with Crippen LogP contribution in [0.25, 0.3) is 0 Å².